The van der Waals surface area contributed by atoms with E-state index in [1.807, 2.05) is 6.08 Å². The minimum Gasteiger partial charge on any atom is -0.508 e. The number of phenols is 1. The lowest BCUT2D eigenvalue weighted by Crippen LogP contribution is -2.53. The van der Waals surface area contributed by atoms with Gasteiger partial charge in [-0.25, -0.2) is 4.79 Å². The van der Waals surface area contributed by atoms with Crippen molar-refractivity contribution in [3.05, 3.63) is 93.5 Å². The molecule has 3 fully saturated rings. The number of carbonyl (C=O) groups is 5. The number of hydrogen-bond donors (Lipinski definition) is 3. The van der Waals surface area contributed by atoms with Crippen LogP contribution in [0.3, 0.4) is 0 Å². The van der Waals surface area contributed by atoms with Crippen molar-refractivity contribution in [1.82, 2.24) is 9.91 Å². The summed E-state index contributed by atoms with van der Waals surface area (Å²) in [4.78, 5) is 69.8. The second-order valence-electron chi connectivity index (χ2n) is 12.5. The predicted molar refractivity (Wildman–Crippen MR) is 177 cm³/mol. The molecule has 252 valence electrons. The van der Waals surface area contributed by atoms with Crippen molar-refractivity contribution in [1.29, 1.82) is 0 Å². The van der Waals surface area contributed by atoms with Gasteiger partial charge in [-0.2, -0.15) is 9.91 Å². The number of hydrogen-bond acceptors (Lipinski definition) is 9. The third-order valence-electron chi connectivity index (χ3n) is 10.3. The number of ether oxygens (including phenoxy) is 2. The predicted octanol–water partition coefficient (Wildman–Crippen LogP) is 4.78. The summed E-state index contributed by atoms with van der Waals surface area (Å²) >= 11 is 12.6. The van der Waals surface area contributed by atoms with Gasteiger partial charge in [0, 0.05) is 22.6 Å². The molecule has 2 heterocycles. The first-order chi connectivity index (χ1) is 23.4. The molecule has 14 heteroatoms. The zero-order valence-corrected chi connectivity index (χ0v) is 27.7. The molecule has 3 aromatic carbocycles. The number of allylic oxidation sites excluding steroid dienone is 2. The van der Waals surface area contributed by atoms with E-state index in [0.717, 1.165) is 5.01 Å². The highest BCUT2D eigenvalue weighted by Crippen LogP contribution is 2.65. The van der Waals surface area contributed by atoms with Gasteiger partial charge in [0.05, 0.1) is 48.1 Å². The summed E-state index contributed by atoms with van der Waals surface area (Å²) in [5.74, 6) is -6.65. The second-order valence-corrected chi connectivity index (χ2v) is 13.3. The Morgan fingerprint density at radius 3 is 2.33 bits per heavy atom. The summed E-state index contributed by atoms with van der Waals surface area (Å²) in [6.07, 6.45) is 1.90. The molecule has 0 spiro atoms. The van der Waals surface area contributed by atoms with Crippen LogP contribution >= 0.6 is 23.2 Å². The number of phenolic OH excluding ortho intramolecular Hbond substituents is 1. The number of halogens is 2. The van der Waals surface area contributed by atoms with E-state index >= 15 is 4.79 Å². The molecule has 2 aliphatic heterocycles. The molecule has 6 atom stereocenters. The number of fused-ring (bicyclic) bond motifs is 4. The fraction of sp³-hybridized carbons (Fsp3) is 0.286. The SMILES string of the molecule is COc1ccc(C23C(=O)N(Nc4ccc(Cl)cc4Cl)C(=O)C2CC2C(=CCC4C(=O)N(C(N)=O)C(=O)C42)C3c2ccc(O)cc2OC)cc1. The molecule has 4 N–H and O–H groups in total. The number of rotatable bonds is 6. The van der Waals surface area contributed by atoms with Crippen LogP contribution in [0.5, 0.6) is 17.2 Å². The number of imide groups is 4. The highest BCUT2D eigenvalue weighted by atomic mass is 35.5. The van der Waals surface area contributed by atoms with Gasteiger partial charge in [0.2, 0.25) is 11.8 Å². The lowest BCUT2D eigenvalue weighted by Gasteiger charge is -2.50. The van der Waals surface area contributed by atoms with Gasteiger partial charge in [-0.1, -0.05) is 53.1 Å². The van der Waals surface area contributed by atoms with E-state index in [4.69, 9.17) is 38.4 Å². The standard InChI is InChI=1S/C35H30Cl2N4O8/c1-48-19-7-3-16(4-8-19)35-24(31(44)41(33(35)46)39-26-12-5-17(36)13-25(26)37)15-23-20(29(35)21-9-6-18(42)14-27(21)49-2)10-11-22-28(23)32(45)40(30(22)43)34(38)47/h3-10,12-14,22-24,28-29,39,42H,11,15H2,1-2H3,(H2,38,47). The monoisotopic (exact) mass is 704 g/mol. The number of carbonyl (C=O) groups excluding carboxylic acids is 5. The largest absolute Gasteiger partial charge is 0.508 e. The van der Waals surface area contributed by atoms with E-state index in [1.54, 1.807) is 42.5 Å². The molecule has 49 heavy (non-hydrogen) atoms. The number of hydrazine groups is 1. The lowest BCUT2D eigenvalue weighted by molar-refractivity contribution is -0.139. The molecular weight excluding hydrogens is 675 g/mol. The van der Waals surface area contributed by atoms with Gasteiger partial charge in [0.15, 0.2) is 0 Å². The smallest absolute Gasteiger partial charge is 0.328 e. The molecule has 6 unspecified atom stereocenters. The van der Waals surface area contributed by atoms with Gasteiger partial charge in [-0.15, -0.1) is 0 Å². The van der Waals surface area contributed by atoms with Gasteiger partial charge < -0.3 is 20.3 Å². The summed E-state index contributed by atoms with van der Waals surface area (Å²) in [6.45, 7) is 0. The molecule has 6 amide bonds. The number of amides is 6. The van der Waals surface area contributed by atoms with Crippen molar-refractivity contribution in [2.75, 3.05) is 19.6 Å². The van der Waals surface area contributed by atoms with Gasteiger partial charge in [-0.05, 0) is 60.7 Å². The van der Waals surface area contributed by atoms with Crippen LogP contribution in [0.4, 0.5) is 10.5 Å². The van der Waals surface area contributed by atoms with Crippen molar-refractivity contribution in [3.8, 4) is 17.2 Å². The molecular formula is C35H30Cl2N4O8. The number of aromatic hydroxyl groups is 1. The third-order valence-corrected chi connectivity index (χ3v) is 10.9. The number of nitrogens with two attached hydrogens (primary N) is 1. The summed E-state index contributed by atoms with van der Waals surface area (Å²) in [6, 6.07) is 14.7. The Bertz CT molecular complexity index is 1980. The minimum absolute atomic E-state index is 0.0152. The highest BCUT2D eigenvalue weighted by Gasteiger charge is 2.71. The average Bonchev–Trinajstić information content (AvgIpc) is 3.47. The van der Waals surface area contributed by atoms with Crippen molar-refractivity contribution >= 4 is 58.5 Å². The Kier molecular flexibility index (Phi) is 7.83. The van der Waals surface area contributed by atoms with E-state index in [9.17, 15) is 24.3 Å². The van der Waals surface area contributed by atoms with Gasteiger partial charge >= 0.3 is 6.03 Å². The van der Waals surface area contributed by atoms with E-state index in [-0.39, 0.29) is 35.1 Å². The maximum Gasteiger partial charge on any atom is 0.328 e. The van der Waals surface area contributed by atoms with Gasteiger partial charge in [0.25, 0.3) is 11.8 Å². The maximum absolute atomic E-state index is 15.3. The zero-order chi connectivity index (χ0) is 34.9. The fourth-order valence-corrected chi connectivity index (χ4v) is 8.79. The molecule has 12 nitrogen and oxygen atoms in total. The first kappa shape index (κ1) is 32.5. The van der Waals surface area contributed by atoms with Crippen molar-refractivity contribution in [2.45, 2.75) is 24.2 Å². The number of benzene rings is 3. The molecule has 3 aromatic rings. The summed E-state index contributed by atoms with van der Waals surface area (Å²) < 4.78 is 11.2. The Morgan fingerprint density at radius 1 is 0.939 bits per heavy atom. The molecule has 4 aliphatic rings. The van der Waals surface area contributed by atoms with E-state index in [2.05, 4.69) is 5.43 Å². The fourth-order valence-electron chi connectivity index (χ4n) is 8.34. The van der Waals surface area contributed by atoms with Crippen LogP contribution < -0.4 is 20.6 Å². The Hall–Kier alpha value is -5.07. The van der Waals surface area contributed by atoms with Crippen LogP contribution in [0.2, 0.25) is 10.0 Å². The van der Waals surface area contributed by atoms with Crippen molar-refractivity contribution < 1.29 is 38.6 Å². The van der Waals surface area contributed by atoms with E-state index < -0.39 is 64.7 Å². The molecule has 7 rings (SSSR count). The van der Waals surface area contributed by atoms with Crippen LogP contribution in [0.1, 0.15) is 29.9 Å². The Labute approximate surface area is 290 Å². The summed E-state index contributed by atoms with van der Waals surface area (Å²) in [5.41, 5.74) is 8.58. The normalized spacial score (nSPS) is 27.3. The molecule has 2 saturated heterocycles. The number of primary amides is 1. The Balaban J connectivity index is 1.49. The van der Waals surface area contributed by atoms with Crippen LogP contribution in [-0.4, -0.2) is 58.9 Å². The third kappa shape index (κ3) is 4.68. The van der Waals surface area contributed by atoms with E-state index in [0.29, 0.717) is 32.4 Å². The second kappa shape index (κ2) is 11.8. The first-order valence-electron chi connectivity index (χ1n) is 15.4. The molecule has 0 radical (unpaired) electrons. The Morgan fingerprint density at radius 2 is 1.67 bits per heavy atom. The number of methoxy groups -OCH3 is 2. The van der Waals surface area contributed by atoms with Crippen LogP contribution in [-0.2, 0) is 24.6 Å². The summed E-state index contributed by atoms with van der Waals surface area (Å²) in [7, 11) is 2.93. The average molecular weight is 706 g/mol. The van der Waals surface area contributed by atoms with E-state index in [1.165, 1.54) is 32.4 Å². The van der Waals surface area contributed by atoms with Crippen molar-refractivity contribution in [2.24, 2.45) is 29.4 Å². The number of nitrogens with zero attached hydrogens (tertiary/aromatic N) is 2. The maximum atomic E-state index is 15.3. The topological polar surface area (TPSA) is 169 Å². The number of anilines is 1. The van der Waals surface area contributed by atoms with Crippen LogP contribution in [0.25, 0.3) is 0 Å². The van der Waals surface area contributed by atoms with Crippen molar-refractivity contribution in [3.63, 3.8) is 0 Å². The van der Waals surface area contributed by atoms with Gasteiger partial charge in [-0.3, -0.25) is 24.6 Å². The zero-order valence-electron chi connectivity index (χ0n) is 26.2. The quantitative estimate of drug-likeness (QED) is 0.242. The van der Waals surface area contributed by atoms with Gasteiger partial charge in [0.1, 0.15) is 17.2 Å². The summed E-state index contributed by atoms with van der Waals surface area (Å²) in [5, 5.41) is 11.9. The number of urea groups is 1. The minimum atomic E-state index is -1.64. The number of likely N-dealkylation sites (tertiary alicyclic amines) is 1. The molecule has 0 aromatic heterocycles. The molecule has 2 aliphatic carbocycles. The van der Waals surface area contributed by atoms with Crippen LogP contribution in [0.15, 0.2) is 72.3 Å². The first-order valence-corrected chi connectivity index (χ1v) is 16.2. The lowest BCUT2D eigenvalue weighted by atomic mass is 9.49. The molecule has 1 saturated carbocycles. The molecule has 0 bridgehead atoms. The van der Waals surface area contributed by atoms with Crippen LogP contribution in [0, 0.1) is 23.7 Å². The highest BCUT2D eigenvalue weighted by molar-refractivity contribution is 6.36. The number of nitrogens with one attached hydrogen (secondary N) is 1.